The second-order valence-corrected chi connectivity index (χ2v) is 8.68. The minimum Gasteiger partial charge on any atom is -0.362 e. The van der Waals surface area contributed by atoms with Gasteiger partial charge in [-0.15, -0.1) is 0 Å². The van der Waals surface area contributed by atoms with Crippen molar-refractivity contribution in [3.05, 3.63) is 29.8 Å². The van der Waals surface area contributed by atoms with Gasteiger partial charge in [0.2, 0.25) is 0 Å². The Hall–Kier alpha value is -1.39. The first-order valence-electron chi connectivity index (χ1n) is 11.1. The maximum absolute atomic E-state index is 11.6. The van der Waals surface area contributed by atoms with Crippen molar-refractivity contribution in [1.29, 1.82) is 0 Å². The minimum atomic E-state index is 0.0634. The molecule has 1 N–H and O–H groups in total. The van der Waals surface area contributed by atoms with Gasteiger partial charge in [0.15, 0.2) is 0 Å². The molecule has 3 saturated heterocycles. The molecular weight excluding hydrogens is 334 g/mol. The van der Waals surface area contributed by atoms with Crippen molar-refractivity contribution >= 4 is 12.0 Å². The van der Waals surface area contributed by atoms with E-state index in [1.54, 1.807) is 0 Å². The van der Waals surface area contributed by atoms with Gasteiger partial charge in [-0.2, -0.15) is 0 Å². The minimum absolute atomic E-state index is 0.0634. The highest BCUT2D eigenvalue weighted by atomic mass is 16.1. The number of hydrogen-bond donors (Lipinski definition) is 1. The quantitative estimate of drug-likeness (QED) is 0.781. The molecular formula is C23H35N3O. The van der Waals surface area contributed by atoms with Crippen LogP contribution in [-0.4, -0.2) is 56.0 Å². The summed E-state index contributed by atoms with van der Waals surface area (Å²) in [5.74, 6) is 0.835. The molecule has 3 aliphatic rings. The van der Waals surface area contributed by atoms with Gasteiger partial charge in [-0.3, -0.25) is 0 Å². The highest BCUT2D eigenvalue weighted by Crippen LogP contribution is 2.29. The maximum Gasteiger partial charge on any atom is 0.142 e. The Bertz CT molecular complexity index is 613. The summed E-state index contributed by atoms with van der Waals surface area (Å²) in [6.45, 7) is 5.86. The summed E-state index contributed by atoms with van der Waals surface area (Å²) in [4.78, 5) is 16.6. The molecule has 3 unspecified atom stereocenters. The van der Waals surface area contributed by atoms with Gasteiger partial charge in [-0.1, -0.05) is 24.6 Å². The van der Waals surface area contributed by atoms with Crippen molar-refractivity contribution in [2.24, 2.45) is 5.92 Å². The van der Waals surface area contributed by atoms with Crippen LogP contribution >= 0.6 is 0 Å². The smallest absolute Gasteiger partial charge is 0.142 e. The Morgan fingerprint density at radius 1 is 1.04 bits per heavy atom. The molecule has 0 spiro atoms. The second-order valence-electron chi connectivity index (χ2n) is 8.68. The van der Waals surface area contributed by atoms with Crippen LogP contribution in [0.15, 0.2) is 24.3 Å². The lowest BCUT2D eigenvalue weighted by Crippen LogP contribution is -2.41. The number of piperidine rings is 2. The van der Waals surface area contributed by atoms with E-state index in [1.807, 2.05) is 0 Å². The first-order chi connectivity index (χ1) is 13.3. The van der Waals surface area contributed by atoms with Gasteiger partial charge >= 0.3 is 0 Å². The molecule has 3 fully saturated rings. The van der Waals surface area contributed by atoms with Crippen LogP contribution in [0.1, 0.15) is 50.5 Å². The van der Waals surface area contributed by atoms with Gasteiger partial charge in [-0.25, -0.2) is 0 Å². The number of nitrogens with zero attached hydrogens (tertiary/aromatic N) is 2. The number of para-hydroxylation sites is 1. The first-order valence-corrected chi connectivity index (χ1v) is 11.1. The summed E-state index contributed by atoms with van der Waals surface area (Å²) in [7, 11) is 0. The fourth-order valence-corrected chi connectivity index (χ4v) is 5.35. The summed E-state index contributed by atoms with van der Waals surface area (Å²) < 4.78 is 0. The molecule has 1 aromatic rings. The van der Waals surface area contributed by atoms with E-state index in [0.29, 0.717) is 0 Å². The summed E-state index contributed by atoms with van der Waals surface area (Å²) in [5, 5.41) is 3.75. The third kappa shape index (κ3) is 4.55. The van der Waals surface area contributed by atoms with Crippen molar-refractivity contribution < 1.29 is 4.79 Å². The molecule has 0 amide bonds. The third-order valence-electron chi connectivity index (χ3n) is 6.93. The van der Waals surface area contributed by atoms with Gasteiger partial charge in [0.05, 0.1) is 6.04 Å². The largest absolute Gasteiger partial charge is 0.362 e. The van der Waals surface area contributed by atoms with Crippen LogP contribution in [0.3, 0.4) is 0 Å². The molecule has 3 atom stereocenters. The molecule has 0 aliphatic carbocycles. The number of rotatable bonds is 6. The van der Waals surface area contributed by atoms with E-state index < -0.39 is 0 Å². The molecule has 148 valence electrons. The van der Waals surface area contributed by atoms with Gasteiger partial charge in [0.1, 0.15) is 6.29 Å². The number of hydrogen-bond acceptors (Lipinski definition) is 4. The Morgan fingerprint density at radius 2 is 1.93 bits per heavy atom. The van der Waals surface area contributed by atoms with Crippen LogP contribution in [0.4, 0.5) is 5.69 Å². The van der Waals surface area contributed by atoms with E-state index in [2.05, 4.69) is 39.4 Å². The number of likely N-dealkylation sites (tertiary alicyclic amines) is 1. The Labute approximate surface area is 164 Å². The standard InChI is InChI=1S/C23H35N3O/c27-18-21-8-4-6-14-26(21)23-10-2-1-7-19(23)11-15-25-16-12-20(17-25)22-9-3-5-13-24-22/h1-2,7,10,18,20-22,24H,3-6,8-9,11-17H2. The highest BCUT2D eigenvalue weighted by Gasteiger charge is 2.30. The molecule has 1 aromatic carbocycles. The summed E-state index contributed by atoms with van der Waals surface area (Å²) in [6, 6.07) is 9.57. The molecule has 3 aliphatic heterocycles. The van der Waals surface area contributed by atoms with E-state index >= 15 is 0 Å². The molecule has 0 saturated carbocycles. The topological polar surface area (TPSA) is 35.6 Å². The van der Waals surface area contributed by atoms with E-state index in [4.69, 9.17) is 0 Å². The Morgan fingerprint density at radius 3 is 2.78 bits per heavy atom. The molecule has 4 nitrogen and oxygen atoms in total. The number of anilines is 1. The normalized spacial score (nSPS) is 29.8. The van der Waals surface area contributed by atoms with Crippen LogP contribution in [0.2, 0.25) is 0 Å². The maximum atomic E-state index is 11.6. The first kappa shape index (κ1) is 18.9. The van der Waals surface area contributed by atoms with E-state index in [0.717, 1.165) is 44.2 Å². The van der Waals surface area contributed by atoms with Crippen LogP contribution < -0.4 is 10.2 Å². The number of benzene rings is 1. The van der Waals surface area contributed by atoms with Crippen molar-refractivity contribution in [1.82, 2.24) is 10.2 Å². The predicted molar refractivity (Wildman–Crippen MR) is 111 cm³/mol. The Kier molecular flexibility index (Phi) is 6.46. The SMILES string of the molecule is O=CC1CCCCN1c1ccccc1CCN1CCC(C2CCCCN2)C1. The molecule has 27 heavy (non-hydrogen) atoms. The van der Waals surface area contributed by atoms with E-state index in [9.17, 15) is 4.79 Å². The van der Waals surface area contributed by atoms with Crippen molar-refractivity contribution in [3.63, 3.8) is 0 Å². The predicted octanol–water partition coefficient (Wildman–Crippen LogP) is 3.25. The van der Waals surface area contributed by atoms with Crippen LogP contribution in [0.5, 0.6) is 0 Å². The summed E-state index contributed by atoms with van der Waals surface area (Å²) >= 11 is 0. The summed E-state index contributed by atoms with van der Waals surface area (Å²) in [6.07, 6.45) is 11.1. The zero-order chi connectivity index (χ0) is 18.5. The molecule has 0 radical (unpaired) electrons. The fraction of sp³-hybridized carbons (Fsp3) is 0.696. The van der Waals surface area contributed by atoms with E-state index in [-0.39, 0.29) is 6.04 Å². The van der Waals surface area contributed by atoms with Gasteiger partial charge in [0.25, 0.3) is 0 Å². The van der Waals surface area contributed by atoms with Crippen molar-refractivity contribution in [3.8, 4) is 0 Å². The van der Waals surface area contributed by atoms with Crippen LogP contribution in [0, 0.1) is 5.92 Å². The molecule has 0 aromatic heterocycles. The zero-order valence-corrected chi connectivity index (χ0v) is 16.6. The Balaban J connectivity index is 1.35. The van der Waals surface area contributed by atoms with Crippen LogP contribution in [0.25, 0.3) is 0 Å². The van der Waals surface area contributed by atoms with Crippen molar-refractivity contribution in [2.45, 2.75) is 63.5 Å². The zero-order valence-electron chi connectivity index (χ0n) is 16.6. The number of carbonyl (C=O) groups excluding carboxylic acids is 1. The highest BCUT2D eigenvalue weighted by molar-refractivity contribution is 5.68. The molecule has 4 heteroatoms. The average Bonchev–Trinajstić information content (AvgIpc) is 3.22. The average molecular weight is 370 g/mol. The molecule has 4 rings (SSSR count). The lowest BCUT2D eigenvalue weighted by Gasteiger charge is -2.36. The number of nitrogens with one attached hydrogen (secondary N) is 1. The van der Waals surface area contributed by atoms with E-state index in [1.165, 1.54) is 69.4 Å². The van der Waals surface area contributed by atoms with Gasteiger partial charge in [0, 0.05) is 31.4 Å². The lowest BCUT2D eigenvalue weighted by molar-refractivity contribution is -0.109. The van der Waals surface area contributed by atoms with Crippen LogP contribution in [-0.2, 0) is 11.2 Å². The van der Waals surface area contributed by atoms with Gasteiger partial charge < -0.3 is 19.9 Å². The molecule has 0 bridgehead atoms. The number of carbonyl (C=O) groups is 1. The van der Waals surface area contributed by atoms with Crippen molar-refractivity contribution in [2.75, 3.05) is 37.6 Å². The lowest BCUT2D eigenvalue weighted by atomic mass is 9.91. The third-order valence-corrected chi connectivity index (χ3v) is 6.93. The number of aldehydes is 1. The second kappa shape index (κ2) is 9.20. The monoisotopic (exact) mass is 369 g/mol. The molecule has 3 heterocycles. The summed E-state index contributed by atoms with van der Waals surface area (Å²) in [5.41, 5.74) is 2.70. The van der Waals surface area contributed by atoms with Gasteiger partial charge in [-0.05, 0) is 75.6 Å². The fourth-order valence-electron chi connectivity index (χ4n) is 5.35.